The molecule has 0 aliphatic carbocycles. The van der Waals surface area contributed by atoms with Gasteiger partial charge in [-0.25, -0.2) is 0 Å². The molecular weight excluding hydrogens is 374 g/mol. The van der Waals surface area contributed by atoms with Crippen LogP contribution >= 0.6 is 11.8 Å². The number of hydrogen-bond acceptors (Lipinski definition) is 5. The molecule has 6 nitrogen and oxygen atoms in total. The molecule has 146 valence electrons. The Morgan fingerprint density at radius 3 is 2.93 bits per heavy atom. The second kappa shape index (κ2) is 10.00. The topological polar surface area (TPSA) is 86.3 Å². The summed E-state index contributed by atoms with van der Waals surface area (Å²) >= 11 is 1.69. The number of carbonyl (C=O) groups is 2. The summed E-state index contributed by atoms with van der Waals surface area (Å²) in [6, 6.07) is 13.1. The molecule has 1 N–H and O–H groups in total. The molecule has 28 heavy (non-hydrogen) atoms. The Balaban J connectivity index is 1.40. The molecule has 1 fully saturated rings. The third-order valence-corrected chi connectivity index (χ3v) is 5.76. The lowest BCUT2D eigenvalue weighted by Gasteiger charge is -2.31. The monoisotopic (exact) mass is 397 g/mol. The molecule has 1 aromatic heterocycles. The zero-order valence-corrected chi connectivity index (χ0v) is 16.4. The van der Waals surface area contributed by atoms with Crippen LogP contribution in [0.15, 0.2) is 47.1 Å². The molecule has 1 aromatic carbocycles. The SMILES string of the molecule is N#Cc1ccccc1CSCCNC(=O)C1CCCN(C(=O)c2ccco2)C1. The number of nitrogens with one attached hydrogen (secondary N) is 1. The molecule has 1 aliphatic heterocycles. The first-order chi connectivity index (χ1) is 13.7. The van der Waals surface area contributed by atoms with Crippen molar-refractivity contribution >= 4 is 23.6 Å². The van der Waals surface area contributed by atoms with E-state index in [2.05, 4.69) is 11.4 Å². The molecule has 0 spiro atoms. The van der Waals surface area contributed by atoms with Crippen LogP contribution in [0.1, 0.15) is 34.5 Å². The summed E-state index contributed by atoms with van der Waals surface area (Å²) in [4.78, 5) is 26.5. The number of hydrogen-bond donors (Lipinski definition) is 1. The molecule has 0 saturated carbocycles. The van der Waals surface area contributed by atoms with Gasteiger partial charge in [-0.2, -0.15) is 17.0 Å². The lowest BCUT2D eigenvalue weighted by molar-refractivity contribution is -0.126. The van der Waals surface area contributed by atoms with Crippen LogP contribution < -0.4 is 5.32 Å². The molecule has 0 radical (unpaired) electrons. The average Bonchev–Trinajstić information content (AvgIpc) is 3.28. The normalized spacial score (nSPS) is 16.4. The van der Waals surface area contributed by atoms with Crippen LogP contribution in [0.4, 0.5) is 0 Å². The van der Waals surface area contributed by atoms with Crippen molar-refractivity contribution in [3.63, 3.8) is 0 Å². The maximum Gasteiger partial charge on any atom is 0.289 e. The maximum atomic E-state index is 12.5. The number of thioether (sulfide) groups is 1. The molecule has 2 aromatic rings. The molecule has 7 heteroatoms. The fourth-order valence-corrected chi connectivity index (χ4v) is 4.12. The zero-order chi connectivity index (χ0) is 19.8. The number of likely N-dealkylation sites (tertiary alicyclic amines) is 1. The first kappa shape index (κ1) is 20.0. The maximum absolute atomic E-state index is 12.5. The van der Waals surface area contributed by atoms with E-state index < -0.39 is 0 Å². The number of nitriles is 1. The minimum Gasteiger partial charge on any atom is -0.459 e. The van der Waals surface area contributed by atoms with Crippen molar-refractivity contribution in [2.24, 2.45) is 5.92 Å². The van der Waals surface area contributed by atoms with Gasteiger partial charge in [-0.15, -0.1) is 0 Å². The van der Waals surface area contributed by atoms with Gasteiger partial charge in [0.05, 0.1) is 23.8 Å². The third-order valence-electron chi connectivity index (χ3n) is 4.75. The molecular formula is C21H23N3O3S. The van der Waals surface area contributed by atoms with Gasteiger partial charge < -0.3 is 14.6 Å². The van der Waals surface area contributed by atoms with Crippen LogP contribution in [-0.4, -0.2) is 42.1 Å². The van der Waals surface area contributed by atoms with Gasteiger partial charge in [0.15, 0.2) is 5.76 Å². The standard InChI is InChI=1S/C21H23N3O3S/c22-13-16-5-1-2-6-18(16)15-28-12-9-23-20(25)17-7-3-10-24(14-17)21(26)19-8-4-11-27-19/h1-2,4-6,8,11,17H,3,7,9-10,12,14-15H2,(H,23,25). The van der Waals surface area contributed by atoms with E-state index in [0.29, 0.717) is 31.0 Å². The van der Waals surface area contributed by atoms with Gasteiger partial charge in [-0.1, -0.05) is 18.2 Å². The summed E-state index contributed by atoms with van der Waals surface area (Å²) in [5.41, 5.74) is 1.71. The van der Waals surface area contributed by atoms with Crippen molar-refractivity contribution in [1.29, 1.82) is 5.26 Å². The number of amides is 2. The predicted octanol–water partition coefficient (Wildman–Crippen LogP) is 3.05. The molecule has 1 unspecified atom stereocenters. The predicted molar refractivity (Wildman–Crippen MR) is 108 cm³/mol. The summed E-state index contributed by atoms with van der Waals surface area (Å²) in [6.45, 7) is 1.65. The second-order valence-electron chi connectivity index (χ2n) is 6.68. The van der Waals surface area contributed by atoms with Gasteiger partial charge in [0, 0.05) is 31.1 Å². The van der Waals surface area contributed by atoms with E-state index in [1.54, 1.807) is 28.8 Å². The molecule has 3 rings (SSSR count). The van der Waals surface area contributed by atoms with E-state index in [9.17, 15) is 9.59 Å². The largest absolute Gasteiger partial charge is 0.459 e. The van der Waals surface area contributed by atoms with E-state index in [4.69, 9.17) is 9.68 Å². The molecule has 2 heterocycles. The Morgan fingerprint density at radius 2 is 2.14 bits per heavy atom. The number of piperidine rings is 1. The molecule has 1 aliphatic rings. The lowest BCUT2D eigenvalue weighted by Crippen LogP contribution is -2.45. The zero-order valence-electron chi connectivity index (χ0n) is 15.6. The fraction of sp³-hybridized carbons (Fsp3) is 0.381. The number of rotatable bonds is 7. The van der Waals surface area contributed by atoms with Crippen molar-refractivity contribution in [2.45, 2.75) is 18.6 Å². The Bertz CT molecular complexity index is 845. The van der Waals surface area contributed by atoms with Crippen molar-refractivity contribution in [3.05, 3.63) is 59.5 Å². The van der Waals surface area contributed by atoms with Crippen molar-refractivity contribution in [1.82, 2.24) is 10.2 Å². The smallest absolute Gasteiger partial charge is 0.289 e. The van der Waals surface area contributed by atoms with E-state index in [1.807, 2.05) is 24.3 Å². The van der Waals surface area contributed by atoms with Crippen LogP contribution in [0, 0.1) is 17.2 Å². The van der Waals surface area contributed by atoms with Gasteiger partial charge in [0.2, 0.25) is 5.91 Å². The molecule has 1 saturated heterocycles. The highest BCUT2D eigenvalue weighted by Crippen LogP contribution is 2.19. The number of benzene rings is 1. The van der Waals surface area contributed by atoms with Crippen molar-refractivity contribution < 1.29 is 14.0 Å². The van der Waals surface area contributed by atoms with Gasteiger partial charge in [0.1, 0.15) is 0 Å². The quantitative estimate of drug-likeness (QED) is 0.726. The summed E-state index contributed by atoms with van der Waals surface area (Å²) in [5.74, 6) is 1.48. The highest BCUT2D eigenvalue weighted by molar-refractivity contribution is 7.98. The number of carbonyl (C=O) groups excluding carboxylic acids is 2. The fourth-order valence-electron chi connectivity index (χ4n) is 3.26. The van der Waals surface area contributed by atoms with Gasteiger partial charge in [-0.05, 0) is 36.6 Å². The van der Waals surface area contributed by atoms with Crippen LogP contribution in [0.2, 0.25) is 0 Å². The van der Waals surface area contributed by atoms with E-state index >= 15 is 0 Å². The summed E-state index contributed by atoms with van der Waals surface area (Å²) in [6.07, 6.45) is 3.08. The second-order valence-corrected chi connectivity index (χ2v) is 7.79. The average molecular weight is 398 g/mol. The van der Waals surface area contributed by atoms with Crippen molar-refractivity contribution in [2.75, 3.05) is 25.4 Å². The number of furan rings is 1. The lowest BCUT2D eigenvalue weighted by atomic mass is 9.97. The van der Waals surface area contributed by atoms with E-state index in [1.165, 1.54) is 6.26 Å². The third kappa shape index (κ3) is 5.17. The highest BCUT2D eigenvalue weighted by Gasteiger charge is 2.29. The first-order valence-corrected chi connectivity index (χ1v) is 10.5. The van der Waals surface area contributed by atoms with Crippen LogP contribution in [0.25, 0.3) is 0 Å². The van der Waals surface area contributed by atoms with Crippen LogP contribution in [0.5, 0.6) is 0 Å². The summed E-state index contributed by atoms with van der Waals surface area (Å²) in [7, 11) is 0. The van der Waals surface area contributed by atoms with Crippen molar-refractivity contribution in [3.8, 4) is 6.07 Å². The molecule has 2 amide bonds. The van der Waals surface area contributed by atoms with E-state index in [-0.39, 0.29) is 17.7 Å². The Labute approximate surface area is 168 Å². The van der Waals surface area contributed by atoms with Crippen LogP contribution in [-0.2, 0) is 10.5 Å². The highest BCUT2D eigenvalue weighted by atomic mass is 32.2. The van der Waals surface area contributed by atoms with E-state index in [0.717, 1.165) is 29.9 Å². The Hall–Kier alpha value is -2.72. The Morgan fingerprint density at radius 1 is 1.29 bits per heavy atom. The molecule has 1 atom stereocenters. The van der Waals surface area contributed by atoms with Gasteiger partial charge in [0.25, 0.3) is 5.91 Å². The molecule has 0 bridgehead atoms. The summed E-state index contributed by atoms with van der Waals surface area (Å²) < 4.78 is 5.17. The minimum atomic E-state index is -0.183. The van der Waals surface area contributed by atoms with Crippen LogP contribution in [0.3, 0.4) is 0 Å². The Kier molecular flexibility index (Phi) is 7.15. The van der Waals surface area contributed by atoms with Gasteiger partial charge in [-0.3, -0.25) is 9.59 Å². The summed E-state index contributed by atoms with van der Waals surface area (Å²) in [5, 5.41) is 12.1. The number of nitrogens with zero attached hydrogens (tertiary/aromatic N) is 2. The minimum absolute atomic E-state index is 0.00466. The van der Waals surface area contributed by atoms with Gasteiger partial charge >= 0.3 is 0 Å². The first-order valence-electron chi connectivity index (χ1n) is 9.35.